The fourth-order valence-electron chi connectivity index (χ4n) is 1.87. The molecule has 2 rings (SSSR count). The van der Waals surface area contributed by atoms with Gasteiger partial charge in [-0.15, -0.1) is 0 Å². The zero-order valence-electron chi connectivity index (χ0n) is 11.6. The minimum atomic E-state index is -0.506. The summed E-state index contributed by atoms with van der Waals surface area (Å²) < 4.78 is 5.15. The molecule has 108 valence electrons. The van der Waals surface area contributed by atoms with Crippen molar-refractivity contribution >= 4 is 23.7 Å². The van der Waals surface area contributed by atoms with Gasteiger partial charge in [-0.2, -0.15) is 0 Å². The molecule has 1 heterocycles. The van der Waals surface area contributed by atoms with Crippen molar-refractivity contribution in [2.75, 3.05) is 14.1 Å². The zero-order chi connectivity index (χ0) is 15.4. The maximum atomic E-state index is 12.1. The van der Waals surface area contributed by atoms with Crippen molar-refractivity contribution in [3.8, 4) is 0 Å². The van der Waals surface area contributed by atoms with Gasteiger partial charge in [0.2, 0.25) is 0 Å². The van der Waals surface area contributed by atoms with E-state index in [2.05, 4.69) is 0 Å². The van der Waals surface area contributed by atoms with Crippen molar-refractivity contribution < 1.29 is 14.1 Å². The Bertz CT molecular complexity index is 688. The topological polar surface area (TPSA) is 76.6 Å². The molecule has 0 radical (unpaired) electrons. The van der Waals surface area contributed by atoms with E-state index in [4.69, 9.17) is 4.42 Å². The predicted octanol–water partition coefficient (Wildman–Crippen LogP) is 3.06. The van der Waals surface area contributed by atoms with Gasteiger partial charge >= 0.3 is 0 Å². The van der Waals surface area contributed by atoms with E-state index in [1.165, 1.54) is 29.4 Å². The molecular formula is C15H14N2O4. The third-order valence-corrected chi connectivity index (χ3v) is 2.87. The number of nitro groups is 1. The van der Waals surface area contributed by atoms with Gasteiger partial charge in [-0.3, -0.25) is 14.9 Å². The molecule has 0 saturated carbocycles. The third-order valence-electron chi connectivity index (χ3n) is 2.87. The van der Waals surface area contributed by atoms with E-state index >= 15 is 0 Å². The highest BCUT2D eigenvalue weighted by atomic mass is 16.6. The molecule has 0 aliphatic rings. The minimum absolute atomic E-state index is 0.120. The molecule has 0 aliphatic heterocycles. The normalized spacial score (nSPS) is 10.8. The summed E-state index contributed by atoms with van der Waals surface area (Å²) in [5.41, 5.74) is 0.417. The fraction of sp³-hybridized carbons (Fsp3) is 0.133. The molecule has 6 heteroatoms. The lowest BCUT2D eigenvalue weighted by atomic mass is 10.0. The minimum Gasteiger partial charge on any atom is -0.465 e. The molecular weight excluding hydrogens is 272 g/mol. The largest absolute Gasteiger partial charge is 0.465 e. The van der Waals surface area contributed by atoms with E-state index < -0.39 is 4.92 Å². The smallest absolute Gasteiger partial charge is 0.277 e. The highest BCUT2D eigenvalue weighted by molar-refractivity contribution is 6.00. The van der Waals surface area contributed by atoms with Crippen molar-refractivity contribution in [1.82, 2.24) is 4.90 Å². The van der Waals surface area contributed by atoms with Gasteiger partial charge in [-0.25, -0.2) is 0 Å². The van der Waals surface area contributed by atoms with Crippen LogP contribution in [0.3, 0.4) is 0 Å². The summed E-state index contributed by atoms with van der Waals surface area (Å²) in [6, 6.07) is 7.87. The maximum absolute atomic E-state index is 12.1. The average molecular weight is 286 g/mol. The molecule has 1 aromatic carbocycles. The standard InChI is InChI=1S/C15H14N2O4/c1-16(2)15(18)13-6-3-7-14(17(19)20)12(13)9-8-11-5-4-10-21-11/h3-10H,1-2H3. The lowest BCUT2D eigenvalue weighted by Crippen LogP contribution is -2.22. The van der Waals surface area contributed by atoms with Crippen LogP contribution in [-0.2, 0) is 0 Å². The molecule has 2 aromatic rings. The van der Waals surface area contributed by atoms with Crippen molar-refractivity contribution in [1.29, 1.82) is 0 Å². The number of hydrogen-bond donors (Lipinski definition) is 0. The van der Waals surface area contributed by atoms with E-state index in [0.29, 0.717) is 5.76 Å². The molecule has 21 heavy (non-hydrogen) atoms. The summed E-state index contributed by atoms with van der Waals surface area (Å²) in [7, 11) is 3.20. The Kier molecular flexibility index (Phi) is 4.18. The second-order valence-corrected chi connectivity index (χ2v) is 4.54. The van der Waals surface area contributed by atoms with Crippen LogP contribution < -0.4 is 0 Å². The number of benzene rings is 1. The number of amides is 1. The van der Waals surface area contributed by atoms with E-state index in [1.54, 1.807) is 38.4 Å². The Hall–Kier alpha value is -2.89. The summed E-state index contributed by atoms with van der Waals surface area (Å²) in [5.74, 6) is 0.259. The van der Waals surface area contributed by atoms with Gasteiger partial charge in [-0.1, -0.05) is 6.07 Å². The maximum Gasteiger partial charge on any atom is 0.277 e. The Balaban J connectivity index is 2.54. The van der Waals surface area contributed by atoms with E-state index in [0.717, 1.165) is 0 Å². The van der Waals surface area contributed by atoms with Gasteiger partial charge in [-0.05, 0) is 30.4 Å². The molecule has 0 spiro atoms. The summed E-state index contributed by atoms with van der Waals surface area (Å²) in [5, 5.41) is 11.2. The van der Waals surface area contributed by atoms with Crippen LogP contribution in [0.25, 0.3) is 12.2 Å². The second-order valence-electron chi connectivity index (χ2n) is 4.54. The molecule has 6 nitrogen and oxygen atoms in total. The summed E-state index contributed by atoms with van der Waals surface area (Å²) in [4.78, 5) is 24.2. The van der Waals surface area contributed by atoms with Gasteiger partial charge in [0.25, 0.3) is 11.6 Å². The van der Waals surface area contributed by atoms with Crippen molar-refractivity contribution in [2.45, 2.75) is 0 Å². The van der Waals surface area contributed by atoms with Gasteiger partial charge < -0.3 is 9.32 Å². The zero-order valence-corrected chi connectivity index (χ0v) is 11.6. The number of nitro benzene ring substituents is 1. The van der Waals surface area contributed by atoms with E-state index in [-0.39, 0.29) is 22.7 Å². The molecule has 0 N–H and O–H groups in total. The van der Waals surface area contributed by atoms with E-state index in [9.17, 15) is 14.9 Å². The molecule has 0 aliphatic carbocycles. The van der Waals surface area contributed by atoms with Crippen LogP contribution in [0.5, 0.6) is 0 Å². The monoisotopic (exact) mass is 286 g/mol. The Morgan fingerprint density at radius 2 is 2.00 bits per heavy atom. The Morgan fingerprint density at radius 3 is 2.57 bits per heavy atom. The summed E-state index contributed by atoms with van der Waals surface area (Å²) >= 11 is 0. The van der Waals surface area contributed by atoms with E-state index in [1.807, 2.05) is 0 Å². The first-order chi connectivity index (χ1) is 10.0. The molecule has 0 unspecified atom stereocenters. The van der Waals surface area contributed by atoms with Crippen LogP contribution in [0.1, 0.15) is 21.7 Å². The third kappa shape index (κ3) is 3.17. The lowest BCUT2D eigenvalue weighted by molar-refractivity contribution is -0.385. The van der Waals surface area contributed by atoms with Crippen molar-refractivity contribution in [3.05, 3.63) is 63.6 Å². The number of carbonyl (C=O) groups is 1. The first kappa shape index (κ1) is 14.5. The summed E-state index contributed by atoms with van der Waals surface area (Å²) in [6.07, 6.45) is 4.62. The number of furan rings is 1. The van der Waals surface area contributed by atoms with Gasteiger partial charge in [0.15, 0.2) is 0 Å². The lowest BCUT2D eigenvalue weighted by Gasteiger charge is -2.12. The van der Waals surface area contributed by atoms with Crippen molar-refractivity contribution in [2.24, 2.45) is 0 Å². The summed E-state index contributed by atoms with van der Waals surface area (Å²) in [6.45, 7) is 0. The molecule has 1 amide bonds. The average Bonchev–Trinajstić information content (AvgIpc) is 2.96. The molecule has 0 bridgehead atoms. The molecule has 0 atom stereocenters. The van der Waals surface area contributed by atoms with Crippen LogP contribution >= 0.6 is 0 Å². The van der Waals surface area contributed by atoms with Gasteiger partial charge in [0, 0.05) is 20.2 Å². The Morgan fingerprint density at radius 1 is 1.24 bits per heavy atom. The van der Waals surface area contributed by atoms with Gasteiger partial charge in [0.05, 0.1) is 22.3 Å². The van der Waals surface area contributed by atoms with Crippen LogP contribution in [-0.4, -0.2) is 29.8 Å². The number of carbonyl (C=O) groups excluding carboxylic acids is 1. The quantitative estimate of drug-likeness (QED) is 0.639. The molecule has 0 saturated heterocycles. The number of hydrogen-bond acceptors (Lipinski definition) is 4. The highest BCUT2D eigenvalue weighted by Gasteiger charge is 2.20. The number of rotatable bonds is 4. The number of nitrogens with zero attached hydrogens (tertiary/aromatic N) is 2. The second kappa shape index (κ2) is 6.04. The van der Waals surface area contributed by atoms with Crippen molar-refractivity contribution in [3.63, 3.8) is 0 Å². The molecule has 0 fully saturated rings. The fourth-order valence-corrected chi connectivity index (χ4v) is 1.87. The predicted molar refractivity (Wildman–Crippen MR) is 78.7 cm³/mol. The van der Waals surface area contributed by atoms with Crippen LogP contribution in [0.15, 0.2) is 41.0 Å². The molecule has 1 aromatic heterocycles. The highest BCUT2D eigenvalue weighted by Crippen LogP contribution is 2.25. The first-order valence-electron chi connectivity index (χ1n) is 6.21. The van der Waals surface area contributed by atoms with Crippen LogP contribution in [0.2, 0.25) is 0 Å². The SMILES string of the molecule is CN(C)C(=O)c1cccc([N+](=O)[O-])c1C=Cc1ccco1. The van der Waals surface area contributed by atoms with Gasteiger partial charge in [0.1, 0.15) is 5.76 Å². The Labute approximate surface area is 121 Å². The van der Waals surface area contributed by atoms with Crippen LogP contribution in [0.4, 0.5) is 5.69 Å². The van der Waals surface area contributed by atoms with Crippen LogP contribution in [0, 0.1) is 10.1 Å². The first-order valence-corrected chi connectivity index (χ1v) is 6.21.